The summed E-state index contributed by atoms with van der Waals surface area (Å²) < 4.78 is 51.5. The van der Waals surface area contributed by atoms with E-state index in [2.05, 4.69) is 10.6 Å². The number of carbonyl (C=O) groups excluding carboxylic acids is 2. The molecule has 0 saturated carbocycles. The Balaban J connectivity index is 2.25. The van der Waals surface area contributed by atoms with Crippen LogP contribution in [0.4, 0.5) is 23.2 Å². The average molecular weight is 346 g/mol. The van der Waals surface area contributed by atoms with Gasteiger partial charge in [0.05, 0.1) is 5.56 Å². The fourth-order valence-corrected chi connectivity index (χ4v) is 2.77. The smallest absolute Gasteiger partial charge is 0.355 e. The van der Waals surface area contributed by atoms with Crippen LogP contribution in [0.15, 0.2) is 18.2 Å². The maximum Gasteiger partial charge on any atom is 0.419 e. The van der Waals surface area contributed by atoms with Crippen LogP contribution >= 0.6 is 0 Å². The summed E-state index contributed by atoms with van der Waals surface area (Å²) in [5, 5.41) is 4.89. The molecular formula is C16H18F4N2O2. The summed E-state index contributed by atoms with van der Waals surface area (Å²) in [7, 11) is 0. The number of anilines is 1. The SMILES string of the molecule is CC(C)(C)[C@H]1CNC(=O)[C@@H]1C(=O)Nc1ccc(F)c(C(F)(F)F)c1. The van der Waals surface area contributed by atoms with Crippen molar-refractivity contribution in [2.24, 2.45) is 17.3 Å². The van der Waals surface area contributed by atoms with Crippen LogP contribution in [0, 0.1) is 23.1 Å². The third-order valence-corrected chi connectivity index (χ3v) is 4.12. The third kappa shape index (κ3) is 3.68. The number of halogens is 4. The molecule has 0 spiro atoms. The standard InChI is InChI=1S/C16H18F4N2O2/c1-15(2,3)10-7-21-13(23)12(10)14(24)22-8-4-5-11(17)9(6-8)16(18,19)20/h4-6,10,12H,7H2,1-3H3,(H,21,23)(H,22,24)/t10-,12+/m0/s1. The van der Waals surface area contributed by atoms with Crippen LogP contribution in [0.1, 0.15) is 26.3 Å². The molecule has 2 atom stereocenters. The summed E-state index contributed by atoms with van der Waals surface area (Å²) in [5.74, 6) is -3.90. The van der Waals surface area contributed by atoms with E-state index >= 15 is 0 Å². The lowest BCUT2D eigenvalue weighted by Gasteiger charge is -2.29. The van der Waals surface area contributed by atoms with Crippen LogP contribution in [0.2, 0.25) is 0 Å². The molecular weight excluding hydrogens is 328 g/mol. The molecule has 0 unspecified atom stereocenters. The first-order valence-electron chi connectivity index (χ1n) is 7.36. The zero-order valence-corrected chi connectivity index (χ0v) is 13.4. The Morgan fingerprint density at radius 2 is 1.88 bits per heavy atom. The van der Waals surface area contributed by atoms with Gasteiger partial charge in [-0.2, -0.15) is 13.2 Å². The Labute approximate surface area is 136 Å². The number of amides is 2. The van der Waals surface area contributed by atoms with Crippen molar-refractivity contribution in [1.82, 2.24) is 5.32 Å². The van der Waals surface area contributed by atoms with Crippen LogP contribution in [-0.4, -0.2) is 18.4 Å². The summed E-state index contributed by atoms with van der Waals surface area (Å²) in [6, 6.07) is 2.18. The minimum atomic E-state index is -4.87. The second-order valence-electron chi connectivity index (χ2n) is 6.88. The molecule has 2 rings (SSSR count). The molecule has 8 heteroatoms. The predicted molar refractivity (Wildman–Crippen MR) is 79.5 cm³/mol. The van der Waals surface area contributed by atoms with Crippen molar-refractivity contribution in [3.63, 3.8) is 0 Å². The minimum absolute atomic E-state index is 0.207. The van der Waals surface area contributed by atoms with Gasteiger partial charge in [-0.1, -0.05) is 20.8 Å². The lowest BCUT2D eigenvalue weighted by Crippen LogP contribution is -2.37. The number of alkyl halides is 3. The first kappa shape index (κ1) is 18.2. The Kier molecular flexibility index (Phi) is 4.61. The van der Waals surface area contributed by atoms with Gasteiger partial charge in [-0.3, -0.25) is 9.59 Å². The molecule has 4 nitrogen and oxygen atoms in total. The quantitative estimate of drug-likeness (QED) is 0.638. The zero-order valence-electron chi connectivity index (χ0n) is 13.4. The molecule has 0 bridgehead atoms. The van der Waals surface area contributed by atoms with Gasteiger partial charge < -0.3 is 10.6 Å². The van der Waals surface area contributed by atoms with Crippen molar-refractivity contribution in [3.05, 3.63) is 29.6 Å². The van der Waals surface area contributed by atoms with Crippen molar-refractivity contribution < 1.29 is 27.2 Å². The number of hydrogen-bond acceptors (Lipinski definition) is 2. The van der Waals surface area contributed by atoms with E-state index < -0.39 is 35.3 Å². The van der Waals surface area contributed by atoms with Crippen LogP contribution in [0.3, 0.4) is 0 Å². The van der Waals surface area contributed by atoms with Gasteiger partial charge in [0, 0.05) is 18.2 Å². The van der Waals surface area contributed by atoms with Crippen LogP contribution in [0.25, 0.3) is 0 Å². The highest BCUT2D eigenvalue weighted by Crippen LogP contribution is 2.36. The molecule has 2 N–H and O–H groups in total. The molecule has 0 aromatic heterocycles. The van der Waals surface area contributed by atoms with Gasteiger partial charge in [-0.05, 0) is 23.6 Å². The van der Waals surface area contributed by atoms with Gasteiger partial charge in [-0.15, -0.1) is 0 Å². The van der Waals surface area contributed by atoms with E-state index in [-0.39, 0.29) is 17.0 Å². The maximum atomic E-state index is 13.3. The summed E-state index contributed by atoms with van der Waals surface area (Å²) >= 11 is 0. The predicted octanol–water partition coefficient (Wildman–Crippen LogP) is 3.19. The van der Waals surface area contributed by atoms with Crippen molar-refractivity contribution in [1.29, 1.82) is 0 Å². The van der Waals surface area contributed by atoms with Gasteiger partial charge >= 0.3 is 6.18 Å². The monoisotopic (exact) mass is 346 g/mol. The number of rotatable bonds is 2. The summed E-state index contributed by atoms with van der Waals surface area (Å²) in [4.78, 5) is 24.3. The normalized spacial score (nSPS) is 21.5. The van der Waals surface area contributed by atoms with E-state index in [0.717, 1.165) is 6.07 Å². The molecule has 132 valence electrons. The van der Waals surface area contributed by atoms with Crippen LogP contribution in [0.5, 0.6) is 0 Å². The highest BCUT2D eigenvalue weighted by Gasteiger charge is 2.45. The molecule has 0 aliphatic carbocycles. The molecule has 24 heavy (non-hydrogen) atoms. The molecule has 1 aliphatic rings. The number of carbonyl (C=O) groups is 2. The van der Waals surface area contributed by atoms with Crippen LogP contribution < -0.4 is 10.6 Å². The molecule has 1 fully saturated rings. The van der Waals surface area contributed by atoms with E-state index in [0.29, 0.717) is 18.7 Å². The molecule has 1 saturated heterocycles. The van der Waals surface area contributed by atoms with Crippen LogP contribution in [-0.2, 0) is 15.8 Å². The fourth-order valence-electron chi connectivity index (χ4n) is 2.77. The summed E-state index contributed by atoms with van der Waals surface area (Å²) in [5.41, 5.74) is -2.02. The fraction of sp³-hybridized carbons (Fsp3) is 0.500. The van der Waals surface area contributed by atoms with Gasteiger partial charge in [0.2, 0.25) is 11.8 Å². The number of nitrogens with one attached hydrogen (secondary N) is 2. The van der Waals surface area contributed by atoms with Crippen molar-refractivity contribution in [2.45, 2.75) is 26.9 Å². The zero-order chi connectivity index (χ0) is 18.3. The van der Waals surface area contributed by atoms with Crippen molar-refractivity contribution >= 4 is 17.5 Å². The highest BCUT2D eigenvalue weighted by molar-refractivity contribution is 6.08. The average Bonchev–Trinajstić information content (AvgIpc) is 2.81. The summed E-state index contributed by atoms with van der Waals surface area (Å²) in [6.07, 6.45) is -4.87. The molecule has 2 amide bonds. The first-order valence-corrected chi connectivity index (χ1v) is 7.36. The van der Waals surface area contributed by atoms with E-state index in [1.165, 1.54) is 0 Å². The van der Waals surface area contributed by atoms with Crippen molar-refractivity contribution in [3.8, 4) is 0 Å². The Morgan fingerprint density at radius 1 is 1.25 bits per heavy atom. The largest absolute Gasteiger partial charge is 0.419 e. The van der Waals surface area contributed by atoms with Gasteiger partial charge in [0.1, 0.15) is 11.7 Å². The number of benzene rings is 1. The summed E-state index contributed by atoms with van der Waals surface area (Å²) in [6.45, 7) is 5.94. The lowest BCUT2D eigenvalue weighted by molar-refractivity contribution is -0.140. The first-order chi connectivity index (χ1) is 10.9. The van der Waals surface area contributed by atoms with Gasteiger partial charge in [0.25, 0.3) is 0 Å². The molecule has 1 heterocycles. The van der Waals surface area contributed by atoms with E-state index in [4.69, 9.17) is 0 Å². The van der Waals surface area contributed by atoms with Gasteiger partial charge in [0.15, 0.2) is 0 Å². The second-order valence-corrected chi connectivity index (χ2v) is 6.88. The highest BCUT2D eigenvalue weighted by atomic mass is 19.4. The van der Waals surface area contributed by atoms with E-state index in [1.807, 2.05) is 20.8 Å². The molecule has 1 aromatic rings. The second kappa shape index (κ2) is 6.07. The van der Waals surface area contributed by atoms with Crippen molar-refractivity contribution in [2.75, 3.05) is 11.9 Å². The lowest BCUT2D eigenvalue weighted by atomic mass is 9.74. The Hall–Kier alpha value is -2.12. The van der Waals surface area contributed by atoms with E-state index in [9.17, 15) is 27.2 Å². The Bertz CT molecular complexity index is 665. The molecule has 0 radical (unpaired) electrons. The van der Waals surface area contributed by atoms with Gasteiger partial charge in [-0.25, -0.2) is 4.39 Å². The minimum Gasteiger partial charge on any atom is -0.355 e. The molecule has 1 aromatic carbocycles. The topological polar surface area (TPSA) is 58.2 Å². The molecule has 1 aliphatic heterocycles. The van der Waals surface area contributed by atoms with E-state index in [1.54, 1.807) is 0 Å². The third-order valence-electron chi connectivity index (χ3n) is 4.12. The number of hydrogen-bond donors (Lipinski definition) is 2. The maximum absolute atomic E-state index is 13.3. The Morgan fingerprint density at radius 3 is 2.42 bits per heavy atom.